The number of ether oxygens (including phenoxy) is 1. The van der Waals surface area contributed by atoms with Crippen molar-refractivity contribution in [2.75, 3.05) is 6.61 Å². The van der Waals surface area contributed by atoms with Crippen molar-refractivity contribution in [1.29, 1.82) is 0 Å². The fourth-order valence-corrected chi connectivity index (χ4v) is 2.74. The Morgan fingerprint density at radius 2 is 2.05 bits per heavy atom. The van der Waals surface area contributed by atoms with Gasteiger partial charge in [0.15, 0.2) is 0 Å². The predicted molar refractivity (Wildman–Crippen MR) is 83.0 cm³/mol. The van der Waals surface area contributed by atoms with Crippen LogP contribution in [0, 0.1) is 0 Å². The molecule has 0 aliphatic carbocycles. The predicted octanol–water partition coefficient (Wildman–Crippen LogP) is 3.65. The third-order valence-corrected chi connectivity index (χ3v) is 4.95. The first kappa shape index (κ1) is 14.8. The molecule has 0 saturated carbocycles. The van der Waals surface area contributed by atoms with E-state index >= 15 is 0 Å². The summed E-state index contributed by atoms with van der Waals surface area (Å²) in [6, 6.07) is 8.22. The zero-order chi connectivity index (χ0) is 14.8. The second kappa shape index (κ2) is 5.81. The second-order valence-corrected chi connectivity index (χ2v) is 11.8. The van der Waals surface area contributed by atoms with Gasteiger partial charge in [-0.2, -0.15) is 0 Å². The molecular formula is C15H21NO3Si. The summed E-state index contributed by atoms with van der Waals surface area (Å²) in [6.07, 6.45) is 1.94. The van der Waals surface area contributed by atoms with Crippen LogP contribution in [0.3, 0.4) is 0 Å². The minimum atomic E-state index is -1.05. The number of carboxylic acids is 1. The molecule has 5 heteroatoms. The zero-order valence-corrected chi connectivity index (χ0v) is 13.2. The maximum absolute atomic E-state index is 10.9. The van der Waals surface area contributed by atoms with Gasteiger partial charge in [0, 0.05) is 26.3 Å². The van der Waals surface area contributed by atoms with Gasteiger partial charge in [0.25, 0.3) is 0 Å². The van der Waals surface area contributed by atoms with Crippen molar-refractivity contribution in [1.82, 2.24) is 4.57 Å². The summed E-state index contributed by atoms with van der Waals surface area (Å²) in [7, 11) is -1.05. The average Bonchev–Trinajstić information content (AvgIpc) is 2.76. The van der Waals surface area contributed by atoms with E-state index in [4.69, 9.17) is 9.84 Å². The molecular weight excluding hydrogens is 270 g/mol. The molecule has 2 aromatic rings. The van der Waals surface area contributed by atoms with Crippen molar-refractivity contribution >= 4 is 24.9 Å². The first-order valence-electron chi connectivity index (χ1n) is 6.77. The molecule has 0 atom stereocenters. The van der Waals surface area contributed by atoms with Crippen molar-refractivity contribution < 1.29 is 14.6 Å². The normalized spacial score (nSPS) is 11.9. The Balaban J connectivity index is 2.03. The van der Waals surface area contributed by atoms with E-state index < -0.39 is 14.0 Å². The number of benzene rings is 1. The molecule has 0 spiro atoms. The lowest BCUT2D eigenvalue weighted by molar-refractivity contribution is 0.0697. The Hall–Kier alpha value is -1.59. The summed E-state index contributed by atoms with van der Waals surface area (Å²) in [5.41, 5.74) is 1.32. The summed E-state index contributed by atoms with van der Waals surface area (Å²) < 4.78 is 7.73. The van der Waals surface area contributed by atoms with Gasteiger partial charge < -0.3 is 14.4 Å². The smallest absolute Gasteiger partial charge is 0.335 e. The van der Waals surface area contributed by atoms with Gasteiger partial charge in [-0.05, 0) is 30.3 Å². The van der Waals surface area contributed by atoms with Crippen molar-refractivity contribution in [2.45, 2.75) is 32.4 Å². The minimum Gasteiger partial charge on any atom is -0.478 e. The molecule has 0 amide bonds. The van der Waals surface area contributed by atoms with E-state index in [2.05, 4.69) is 19.6 Å². The van der Waals surface area contributed by atoms with E-state index in [1.807, 2.05) is 22.9 Å². The highest BCUT2D eigenvalue weighted by molar-refractivity contribution is 6.76. The van der Waals surface area contributed by atoms with E-state index in [0.717, 1.165) is 23.6 Å². The minimum absolute atomic E-state index is 0.315. The highest BCUT2D eigenvalue weighted by atomic mass is 28.3. The molecule has 4 nitrogen and oxygen atoms in total. The standard InChI is InChI=1S/C15H21NO3Si/c1-20(2,3)9-8-19-11-16-7-6-12-10-13(15(17)18)4-5-14(12)16/h4-7,10H,8-9,11H2,1-3H3,(H,17,18). The highest BCUT2D eigenvalue weighted by Gasteiger charge is 2.12. The Labute approximate surface area is 120 Å². The molecule has 20 heavy (non-hydrogen) atoms. The number of hydrogen-bond acceptors (Lipinski definition) is 2. The third-order valence-electron chi connectivity index (χ3n) is 3.24. The fourth-order valence-electron chi connectivity index (χ4n) is 1.99. The number of fused-ring (bicyclic) bond motifs is 1. The Kier molecular flexibility index (Phi) is 4.30. The van der Waals surface area contributed by atoms with Crippen LogP contribution in [0.4, 0.5) is 0 Å². The summed E-state index contributed by atoms with van der Waals surface area (Å²) in [4.78, 5) is 10.9. The molecule has 108 valence electrons. The summed E-state index contributed by atoms with van der Waals surface area (Å²) in [5, 5.41) is 9.90. The molecule has 1 N–H and O–H groups in total. The van der Waals surface area contributed by atoms with Gasteiger partial charge in [-0.25, -0.2) is 4.79 Å². The molecule has 1 aromatic heterocycles. The number of nitrogens with zero attached hydrogens (tertiary/aromatic N) is 1. The van der Waals surface area contributed by atoms with Gasteiger partial charge in [-0.15, -0.1) is 0 Å². The van der Waals surface area contributed by atoms with Crippen LogP contribution in [0.2, 0.25) is 25.7 Å². The van der Waals surface area contributed by atoms with Gasteiger partial charge in [0.05, 0.1) is 11.1 Å². The Morgan fingerprint density at radius 1 is 1.30 bits per heavy atom. The number of aromatic nitrogens is 1. The van der Waals surface area contributed by atoms with Gasteiger partial charge in [-0.1, -0.05) is 19.6 Å². The van der Waals surface area contributed by atoms with Crippen LogP contribution >= 0.6 is 0 Å². The monoisotopic (exact) mass is 291 g/mol. The first-order chi connectivity index (χ1) is 9.37. The van der Waals surface area contributed by atoms with Gasteiger partial charge >= 0.3 is 5.97 Å². The number of carboxylic acid groups (broad SMARTS) is 1. The molecule has 1 heterocycles. The number of aromatic carboxylic acids is 1. The SMILES string of the molecule is C[Si](C)(C)CCOCn1ccc2cc(C(=O)O)ccc21. The fraction of sp³-hybridized carbons (Fsp3) is 0.400. The van der Waals surface area contributed by atoms with Gasteiger partial charge in [0.1, 0.15) is 6.73 Å². The molecule has 2 rings (SSSR count). The van der Waals surface area contributed by atoms with Crippen LogP contribution in [0.15, 0.2) is 30.5 Å². The van der Waals surface area contributed by atoms with E-state index in [9.17, 15) is 4.79 Å². The van der Waals surface area contributed by atoms with E-state index in [1.165, 1.54) is 0 Å². The van der Waals surface area contributed by atoms with Crippen molar-refractivity contribution in [3.8, 4) is 0 Å². The maximum atomic E-state index is 10.9. The number of carbonyl (C=O) groups is 1. The number of hydrogen-bond donors (Lipinski definition) is 1. The molecule has 0 bridgehead atoms. The van der Waals surface area contributed by atoms with Crippen LogP contribution in [-0.4, -0.2) is 30.3 Å². The zero-order valence-electron chi connectivity index (χ0n) is 12.2. The lowest BCUT2D eigenvalue weighted by Gasteiger charge is -2.15. The first-order valence-corrected chi connectivity index (χ1v) is 10.5. The van der Waals surface area contributed by atoms with Crippen molar-refractivity contribution in [3.05, 3.63) is 36.0 Å². The van der Waals surface area contributed by atoms with Gasteiger partial charge in [0.2, 0.25) is 0 Å². The van der Waals surface area contributed by atoms with E-state index in [0.29, 0.717) is 12.3 Å². The van der Waals surface area contributed by atoms with Crippen LogP contribution in [-0.2, 0) is 11.5 Å². The van der Waals surface area contributed by atoms with E-state index in [-0.39, 0.29) is 0 Å². The maximum Gasteiger partial charge on any atom is 0.335 e. The highest BCUT2D eigenvalue weighted by Crippen LogP contribution is 2.18. The van der Waals surface area contributed by atoms with Crippen LogP contribution in [0.5, 0.6) is 0 Å². The molecule has 0 unspecified atom stereocenters. The Morgan fingerprint density at radius 3 is 2.70 bits per heavy atom. The molecule has 0 aliphatic rings. The molecule has 0 radical (unpaired) electrons. The van der Waals surface area contributed by atoms with Crippen molar-refractivity contribution in [3.63, 3.8) is 0 Å². The summed E-state index contributed by atoms with van der Waals surface area (Å²) in [6.45, 7) is 8.28. The lowest BCUT2D eigenvalue weighted by atomic mass is 10.1. The van der Waals surface area contributed by atoms with E-state index in [1.54, 1.807) is 12.1 Å². The molecule has 0 aliphatic heterocycles. The quantitative estimate of drug-likeness (QED) is 0.653. The largest absolute Gasteiger partial charge is 0.478 e. The van der Waals surface area contributed by atoms with Crippen LogP contribution in [0.25, 0.3) is 10.9 Å². The summed E-state index contributed by atoms with van der Waals surface area (Å²) in [5.74, 6) is -0.897. The third kappa shape index (κ3) is 3.71. The average molecular weight is 291 g/mol. The van der Waals surface area contributed by atoms with Crippen LogP contribution < -0.4 is 0 Å². The molecule has 1 aromatic carbocycles. The van der Waals surface area contributed by atoms with Crippen LogP contribution in [0.1, 0.15) is 10.4 Å². The second-order valence-electron chi connectivity index (χ2n) is 6.21. The van der Waals surface area contributed by atoms with Gasteiger partial charge in [-0.3, -0.25) is 0 Å². The molecule has 0 saturated heterocycles. The lowest BCUT2D eigenvalue weighted by Crippen LogP contribution is -2.21. The Bertz CT molecular complexity index is 613. The van der Waals surface area contributed by atoms with Crippen molar-refractivity contribution in [2.24, 2.45) is 0 Å². The number of rotatable bonds is 6. The summed E-state index contributed by atoms with van der Waals surface area (Å²) >= 11 is 0. The molecule has 0 fully saturated rings. The topological polar surface area (TPSA) is 51.5 Å².